The fraction of sp³-hybridized carbons (Fsp3) is 0.167. The Morgan fingerprint density at radius 1 is 0.366 bits per heavy atom. The smallest absolute Gasteiger partial charge is 0.336 e. The molecule has 9 rings (SSSR count). The zero-order valence-corrected chi connectivity index (χ0v) is 48.8. The van der Waals surface area contributed by atoms with E-state index >= 15 is 0 Å². The maximum atomic E-state index is 13.6. The highest BCUT2D eigenvalue weighted by molar-refractivity contribution is 6.84. The highest BCUT2D eigenvalue weighted by Crippen LogP contribution is 2.35. The summed E-state index contributed by atoms with van der Waals surface area (Å²) in [5, 5.41) is 27.2. The average Bonchev–Trinajstić information content (AvgIpc) is 3.65. The van der Waals surface area contributed by atoms with Crippen LogP contribution < -0.4 is 10.6 Å². The van der Waals surface area contributed by atoms with Crippen molar-refractivity contribution in [3.05, 3.63) is 238 Å². The molecule has 2 atom stereocenters. The first-order chi connectivity index (χ1) is 39.3. The fourth-order valence-electron chi connectivity index (χ4n) is 9.66. The zero-order chi connectivity index (χ0) is 58.0. The van der Waals surface area contributed by atoms with E-state index in [0.29, 0.717) is 33.4 Å². The number of carbonyl (C=O) groups excluding carboxylic acids is 2. The SMILES string of the molecule is C[Si](C)(C)C#Cc1ccc(-c2cccc(-c3ccc(C#Cc4ccc(C(=O)NC5CCCCC5NC(=O)c5ccc(C#Cc6ccc(-c7cccc(-c8ccc(C#C[Si](C)(C)C)cc8)c7C(=O)O)cc6)cc5)cc4)cc3)c2C(=O)O)cc1. The second-order valence-corrected chi connectivity index (χ2v) is 32.0. The molecule has 0 spiro atoms. The third-order valence-corrected chi connectivity index (χ3v) is 15.6. The van der Waals surface area contributed by atoms with Gasteiger partial charge in [-0.2, -0.15) is 0 Å². The number of rotatable bonds is 10. The Balaban J connectivity index is 0.788. The first-order valence-corrected chi connectivity index (χ1v) is 34.4. The number of nitrogens with one attached hydrogen (secondary N) is 2. The van der Waals surface area contributed by atoms with Gasteiger partial charge >= 0.3 is 11.9 Å². The van der Waals surface area contributed by atoms with Gasteiger partial charge in [0.15, 0.2) is 0 Å². The molecule has 8 nitrogen and oxygen atoms in total. The van der Waals surface area contributed by atoms with Crippen LogP contribution in [0.1, 0.15) is 100 Å². The van der Waals surface area contributed by atoms with Crippen LogP contribution in [0.4, 0.5) is 0 Å². The van der Waals surface area contributed by atoms with Gasteiger partial charge in [0.25, 0.3) is 11.8 Å². The summed E-state index contributed by atoms with van der Waals surface area (Å²) in [5.41, 5.74) is 18.5. The van der Waals surface area contributed by atoms with Gasteiger partial charge in [0.2, 0.25) is 0 Å². The highest BCUT2D eigenvalue weighted by atomic mass is 28.3. The van der Waals surface area contributed by atoms with Gasteiger partial charge in [-0.15, -0.1) is 11.1 Å². The second kappa shape index (κ2) is 25.2. The Kier molecular flexibility index (Phi) is 17.5. The Morgan fingerprint density at radius 3 is 0.854 bits per heavy atom. The molecule has 0 saturated heterocycles. The lowest BCUT2D eigenvalue weighted by Crippen LogP contribution is -2.53. The summed E-state index contributed by atoms with van der Waals surface area (Å²) in [5.74, 6) is 16.8. The molecular weight excluding hydrogens is 1040 g/mol. The molecule has 2 amide bonds. The lowest BCUT2D eigenvalue weighted by atomic mass is 9.89. The monoisotopic (exact) mass is 1110 g/mol. The molecule has 1 aliphatic carbocycles. The number of hydrogen-bond acceptors (Lipinski definition) is 4. The first kappa shape index (κ1) is 57.0. The van der Waals surface area contributed by atoms with Crippen molar-refractivity contribution in [2.24, 2.45) is 0 Å². The summed E-state index contributed by atoms with van der Waals surface area (Å²) < 4.78 is 0. The van der Waals surface area contributed by atoms with Crippen molar-refractivity contribution in [2.45, 2.75) is 77.0 Å². The Hall–Kier alpha value is -9.69. The second-order valence-electron chi connectivity index (χ2n) is 22.5. The minimum Gasteiger partial charge on any atom is -0.478 e. The summed E-state index contributed by atoms with van der Waals surface area (Å²) in [6, 6.07) is 55.2. The molecule has 0 radical (unpaired) electrons. The summed E-state index contributed by atoms with van der Waals surface area (Å²) in [6.07, 6.45) is 3.33. The predicted octanol–water partition coefficient (Wildman–Crippen LogP) is 14.5. The number of carboxylic acids is 2. The minimum absolute atomic E-state index is 0.226. The van der Waals surface area contributed by atoms with Crippen LogP contribution >= 0.6 is 0 Å². The number of carbonyl (C=O) groups is 4. The average molecular weight is 1110 g/mol. The van der Waals surface area contributed by atoms with Crippen molar-refractivity contribution in [1.82, 2.24) is 10.6 Å². The lowest BCUT2D eigenvalue weighted by Gasteiger charge is -2.33. The van der Waals surface area contributed by atoms with Crippen molar-refractivity contribution in [3.8, 4) is 91.1 Å². The molecule has 1 fully saturated rings. The number of benzene rings is 8. The van der Waals surface area contributed by atoms with Gasteiger partial charge in [0, 0.05) is 56.6 Å². The van der Waals surface area contributed by atoms with Gasteiger partial charge in [-0.05, 0) is 154 Å². The topological polar surface area (TPSA) is 133 Å². The molecule has 2 unspecified atom stereocenters. The molecule has 4 N–H and O–H groups in total. The van der Waals surface area contributed by atoms with Crippen molar-refractivity contribution < 1.29 is 29.4 Å². The Morgan fingerprint density at radius 2 is 0.610 bits per heavy atom. The maximum Gasteiger partial charge on any atom is 0.336 e. The van der Waals surface area contributed by atoms with E-state index in [1.54, 1.807) is 24.3 Å². The van der Waals surface area contributed by atoms with E-state index in [-0.39, 0.29) is 35.0 Å². The van der Waals surface area contributed by atoms with Gasteiger partial charge < -0.3 is 20.8 Å². The molecule has 1 aliphatic rings. The quantitative estimate of drug-likeness (QED) is 0.0796. The summed E-state index contributed by atoms with van der Waals surface area (Å²) in [4.78, 5) is 52.6. The minimum atomic E-state index is -1.54. The van der Waals surface area contributed by atoms with Crippen LogP contribution in [-0.2, 0) is 0 Å². The van der Waals surface area contributed by atoms with Crippen LogP contribution in [0.2, 0.25) is 39.3 Å². The normalized spacial score (nSPS) is 13.7. The van der Waals surface area contributed by atoms with Gasteiger partial charge in [-0.25, -0.2) is 9.59 Å². The van der Waals surface area contributed by atoms with E-state index in [0.717, 1.165) is 81.3 Å². The maximum absolute atomic E-state index is 13.6. The third-order valence-electron chi connectivity index (χ3n) is 13.9. The third kappa shape index (κ3) is 14.8. The molecule has 10 heteroatoms. The lowest BCUT2D eigenvalue weighted by molar-refractivity contribution is 0.0687. The van der Waals surface area contributed by atoms with Crippen molar-refractivity contribution in [3.63, 3.8) is 0 Å². The van der Waals surface area contributed by atoms with E-state index < -0.39 is 28.1 Å². The number of amides is 2. The number of aromatic carboxylic acids is 2. The Labute approximate surface area is 483 Å². The molecule has 404 valence electrons. The van der Waals surface area contributed by atoms with Crippen molar-refractivity contribution in [2.75, 3.05) is 0 Å². The van der Waals surface area contributed by atoms with Crippen LogP contribution in [0.25, 0.3) is 44.5 Å². The Bertz CT molecular complexity index is 3710. The van der Waals surface area contributed by atoms with Crippen LogP contribution in [0.15, 0.2) is 182 Å². The summed E-state index contributed by atoms with van der Waals surface area (Å²) in [6.45, 7) is 13.2. The van der Waals surface area contributed by atoms with Crippen molar-refractivity contribution in [1.29, 1.82) is 0 Å². The zero-order valence-electron chi connectivity index (χ0n) is 46.8. The molecule has 8 aromatic carbocycles. The molecule has 0 aliphatic heterocycles. The molecule has 8 aromatic rings. The van der Waals surface area contributed by atoms with Gasteiger partial charge in [-0.3, -0.25) is 9.59 Å². The van der Waals surface area contributed by atoms with Gasteiger partial charge in [0.1, 0.15) is 16.1 Å². The first-order valence-electron chi connectivity index (χ1n) is 27.4. The standard InChI is InChI=1S/C72H62N2O6Si2/c1-81(2,3)47-45-53-25-37-57(38-26-53)63-13-9-11-61(67(63)71(77)78)55-33-21-49(22-34-55)17-19-51-29-41-59(42-30-51)69(75)73-65-15-7-8-16-66(65)74-70(76)60-43-31-52(32-44-60)20-18-50-23-35-56(36-24-50)62-12-10-14-64(68(62)72(79)80)58-39-27-54(28-40-58)46-48-82(4,5)6/h9-14,21-44,65-66H,7-8,15-16H2,1-6H3,(H,73,75)(H,74,76)(H,77,78)(H,79,80). The van der Waals surface area contributed by atoms with Gasteiger partial charge in [-0.1, -0.05) is 173 Å². The highest BCUT2D eigenvalue weighted by Gasteiger charge is 2.29. The number of hydrogen-bond donors (Lipinski definition) is 4. The van der Waals surface area contributed by atoms with Crippen LogP contribution in [0, 0.1) is 46.6 Å². The molecular formula is C72H62N2O6Si2. The van der Waals surface area contributed by atoms with Crippen molar-refractivity contribution >= 4 is 39.9 Å². The van der Waals surface area contributed by atoms with E-state index in [4.69, 9.17) is 0 Å². The van der Waals surface area contributed by atoms with E-state index in [2.05, 4.69) is 96.5 Å². The van der Waals surface area contributed by atoms with E-state index in [9.17, 15) is 29.4 Å². The molecule has 0 heterocycles. The van der Waals surface area contributed by atoms with E-state index in [1.807, 2.05) is 158 Å². The van der Waals surface area contributed by atoms with Gasteiger partial charge in [0.05, 0.1) is 11.1 Å². The summed E-state index contributed by atoms with van der Waals surface area (Å²) in [7, 11) is -3.08. The molecule has 0 aromatic heterocycles. The largest absolute Gasteiger partial charge is 0.478 e. The molecule has 0 bridgehead atoms. The van der Waals surface area contributed by atoms with E-state index in [1.165, 1.54) is 0 Å². The fourth-order valence-corrected chi connectivity index (χ4v) is 10.7. The predicted molar refractivity (Wildman–Crippen MR) is 335 cm³/mol. The summed E-state index contributed by atoms with van der Waals surface area (Å²) >= 11 is 0. The molecule has 1 saturated carbocycles. The number of carboxylic acid groups (broad SMARTS) is 2. The van der Waals surface area contributed by atoms with Crippen LogP contribution in [-0.4, -0.2) is 62.2 Å². The van der Waals surface area contributed by atoms with Crippen LogP contribution in [0.3, 0.4) is 0 Å². The van der Waals surface area contributed by atoms with Crippen LogP contribution in [0.5, 0.6) is 0 Å². The molecule has 82 heavy (non-hydrogen) atoms.